The van der Waals surface area contributed by atoms with Crippen molar-refractivity contribution in [3.8, 4) is 12.1 Å². The summed E-state index contributed by atoms with van der Waals surface area (Å²) in [5.41, 5.74) is -0.230. The van der Waals surface area contributed by atoms with Crippen LogP contribution in [0.2, 0.25) is 0 Å². The molecular formula is C13H8N2O4S. The lowest BCUT2D eigenvalue weighted by Crippen LogP contribution is -2.12. The van der Waals surface area contributed by atoms with E-state index in [1.54, 1.807) is 12.1 Å². The Morgan fingerprint density at radius 2 is 1.90 bits per heavy atom. The molecule has 0 amide bonds. The van der Waals surface area contributed by atoms with E-state index in [-0.39, 0.29) is 27.2 Å². The molecule has 1 aromatic rings. The van der Waals surface area contributed by atoms with Crippen LogP contribution in [0.1, 0.15) is 22.8 Å². The maximum absolute atomic E-state index is 12.2. The number of carboxylic acids is 1. The van der Waals surface area contributed by atoms with Crippen molar-refractivity contribution in [1.29, 1.82) is 10.5 Å². The number of benzene rings is 1. The van der Waals surface area contributed by atoms with Gasteiger partial charge in [-0.2, -0.15) is 10.5 Å². The van der Waals surface area contributed by atoms with Crippen LogP contribution < -0.4 is 0 Å². The van der Waals surface area contributed by atoms with Crippen LogP contribution in [-0.4, -0.2) is 24.7 Å². The summed E-state index contributed by atoms with van der Waals surface area (Å²) in [7, 11) is -3.69. The van der Waals surface area contributed by atoms with Crippen LogP contribution in [0.15, 0.2) is 28.7 Å². The van der Waals surface area contributed by atoms with Crippen LogP contribution in [-0.2, 0) is 9.84 Å². The fourth-order valence-electron chi connectivity index (χ4n) is 2.17. The second-order valence-electron chi connectivity index (χ2n) is 4.22. The standard InChI is InChI=1S/C13H8N2O4S/c1-7-12(9(5-14)6-15)10-4-8(13(16)17)2-3-11(10)20(7,18)19/h2-4,7H,1H3,(H,16,17). The van der Waals surface area contributed by atoms with Gasteiger partial charge in [0, 0.05) is 11.1 Å². The van der Waals surface area contributed by atoms with Gasteiger partial charge in [0.1, 0.15) is 17.7 Å². The van der Waals surface area contributed by atoms with Gasteiger partial charge in [-0.15, -0.1) is 0 Å². The molecule has 1 aromatic carbocycles. The molecule has 100 valence electrons. The van der Waals surface area contributed by atoms with Crippen molar-refractivity contribution in [2.24, 2.45) is 0 Å². The molecule has 6 nitrogen and oxygen atoms in total. The SMILES string of the molecule is CC1C(=C(C#N)C#N)c2cc(C(=O)O)ccc2S1(=O)=O. The summed E-state index contributed by atoms with van der Waals surface area (Å²) >= 11 is 0. The van der Waals surface area contributed by atoms with Crippen LogP contribution in [0.5, 0.6) is 0 Å². The van der Waals surface area contributed by atoms with E-state index >= 15 is 0 Å². The van der Waals surface area contributed by atoms with E-state index in [4.69, 9.17) is 15.6 Å². The lowest BCUT2D eigenvalue weighted by Gasteiger charge is -2.04. The normalized spacial score (nSPS) is 18.8. The smallest absolute Gasteiger partial charge is 0.335 e. The number of nitriles is 2. The number of hydrogen-bond acceptors (Lipinski definition) is 5. The fraction of sp³-hybridized carbons (Fsp3) is 0.154. The number of rotatable bonds is 1. The van der Waals surface area contributed by atoms with Gasteiger partial charge in [0.15, 0.2) is 9.84 Å². The molecule has 1 heterocycles. The zero-order valence-electron chi connectivity index (χ0n) is 10.3. The van der Waals surface area contributed by atoms with Crippen molar-refractivity contribution < 1.29 is 18.3 Å². The molecule has 0 fully saturated rings. The van der Waals surface area contributed by atoms with Crippen LogP contribution >= 0.6 is 0 Å². The Kier molecular flexibility index (Phi) is 3.09. The first kappa shape index (κ1) is 13.8. The van der Waals surface area contributed by atoms with Crippen molar-refractivity contribution in [3.05, 3.63) is 34.9 Å². The Bertz CT molecular complexity index is 822. The number of nitrogens with zero attached hydrogens (tertiary/aromatic N) is 2. The Labute approximate surface area is 115 Å². The molecule has 1 atom stereocenters. The second kappa shape index (κ2) is 4.48. The van der Waals surface area contributed by atoms with Crippen molar-refractivity contribution in [1.82, 2.24) is 0 Å². The molecule has 1 aliphatic heterocycles. The zero-order chi connectivity index (χ0) is 15.1. The van der Waals surface area contributed by atoms with Crippen molar-refractivity contribution in [2.75, 3.05) is 0 Å². The minimum absolute atomic E-state index is 0.0481. The summed E-state index contributed by atoms with van der Waals surface area (Å²) < 4.78 is 24.4. The Hall–Kier alpha value is -2.64. The Morgan fingerprint density at radius 3 is 2.40 bits per heavy atom. The summed E-state index contributed by atoms with van der Waals surface area (Å²) in [6.07, 6.45) is 0. The molecule has 7 heteroatoms. The van der Waals surface area contributed by atoms with Gasteiger partial charge in [-0.25, -0.2) is 13.2 Å². The molecule has 0 saturated heterocycles. The van der Waals surface area contributed by atoms with Crippen LogP contribution in [0, 0.1) is 22.7 Å². The van der Waals surface area contributed by atoms with Gasteiger partial charge in [0.05, 0.1) is 15.7 Å². The third kappa shape index (κ3) is 1.77. The molecule has 1 N–H and O–H groups in total. The van der Waals surface area contributed by atoms with Crippen molar-refractivity contribution in [2.45, 2.75) is 17.1 Å². The number of hydrogen-bond donors (Lipinski definition) is 1. The summed E-state index contributed by atoms with van der Waals surface area (Å²) in [5, 5.41) is 25.8. The molecule has 20 heavy (non-hydrogen) atoms. The van der Waals surface area contributed by atoms with E-state index in [9.17, 15) is 13.2 Å². The number of aromatic carboxylic acids is 1. The molecule has 0 spiro atoms. The summed E-state index contributed by atoms with van der Waals surface area (Å²) in [6.45, 7) is 1.37. The quantitative estimate of drug-likeness (QED) is 0.779. The first-order valence-corrected chi connectivity index (χ1v) is 7.05. The van der Waals surface area contributed by atoms with Gasteiger partial charge in [0.2, 0.25) is 0 Å². The molecule has 1 unspecified atom stereocenters. The number of sulfone groups is 1. The highest BCUT2D eigenvalue weighted by Crippen LogP contribution is 2.41. The predicted octanol–water partition coefficient (Wildman–Crippen LogP) is 1.36. The Balaban J connectivity index is 2.91. The lowest BCUT2D eigenvalue weighted by molar-refractivity contribution is 0.0696. The van der Waals surface area contributed by atoms with Gasteiger partial charge in [-0.3, -0.25) is 0 Å². The highest BCUT2D eigenvalue weighted by atomic mass is 32.2. The monoisotopic (exact) mass is 288 g/mol. The van der Waals surface area contributed by atoms with E-state index in [0.717, 1.165) is 0 Å². The average Bonchev–Trinajstić information content (AvgIpc) is 2.61. The molecule has 1 aliphatic rings. The minimum atomic E-state index is -3.69. The predicted molar refractivity (Wildman–Crippen MR) is 68.2 cm³/mol. The molecule has 0 aromatic heterocycles. The van der Waals surface area contributed by atoms with Gasteiger partial charge < -0.3 is 5.11 Å². The summed E-state index contributed by atoms with van der Waals surface area (Å²) in [4.78, 5) is 10.9. The zero-order valence-corrected chi connectivity index (χ0v) is 11.1. The third-order valence-corrected chi connectivity index (χ3v) is 5.32. The van der Waals surface area contributed by atoms with Gasteiger partial charge in [-0.1, -0.05) is 0 Å². The minimum Gasteiger partial charge on any atom is -0.478 e. The second-order valence-corrected chi connectivity index (χ2v) is 6.45. The highest BCUT2D eigenvalue weighted by Gasteiger charge is 2.40. The van der Waals surface area contributed by atoms with Crippen molar-refractivity contribution >= 4 is 21.4 Å². The average molecular weight is 288 g/mol. The fourth-order valence-corrected chi connectivity index (χ4v) is 3.84. The molecule has 0 radical (unpaired) electrons. The van der Waals surface area contributed by atoms with E-state index < -0.39 is 21.1 Å². The molecular weight excluding hydrogens is 280 g/mol. The van der Waals surface area contributed by atoms with Crippen LogP contribution in [0.3, 0.4) is 0 Å². The number of allylic oxidation sites excluding steroid dienone is 1. The molecule has 2 rings (SSSR count). The first-order chi connectivity index (χ1) is 9.34. The molecule has 0 aliphatic carbocycles. The van der Waals surface area contributed by atoms with E-state index in [0.29, 0.717) is 0 Å². The first-order valence-electron chi connectivity index (χ1n) is 5.50. The summed E-state index contributed by atoms with van der Waals surface area (Å²) in [6, 6.07) is 6.89. The van der Waals surface area contributed by atoms with Gasteiger partial charge in [-0.05, 0) is 25.1 Å². The van der Waals surface area contributed by atoms with E-state index in [1.165, 1.54) is 25.1 Å². The van der Waals surface area contributed by atoms with E-state index in [1.807, 2.05) is 0 Å². The number of fused-ring (bicyclic) bond motifs is 1. The molecule has 0 bridgehead atoms. The van der Waals surface area contributed by atoms with E-state index in [2.05, 4.69) is 0 Å². The maximum Gasteiger partial charge on any atom is 0.335 e. The maximum atomic E-state index is 12.2. The molecule has 0 saturated carbocycles. The van der Waals surface area contributed by atoms with Crippen LogP contribution in [0.25, 0.3) is 5.57 Å². The Morgan fingerprint density at radius 1 is 1.30 bits per heavy atom. The summed E-state index contributed by atoms with van der Waals surface area (Å²) in [5.74, 6) is -1.21. The van der Waals surface area contributed by atoms with Gasteiger partial charge in [0.25, 0.3) is 0 Å². The topological polar surface area (TPSA) is 119 Å². The largest absolute Gasteiger partial charge is 0.478 e. The number of carbonyl (C=O) groups is 1. The van der Waals surface area contributed by atoms with Gasteiger partial charge >= 0.3 is 5.97 Å². The van der Waals surface area contributed by atoms with Crippen LogP contribution in [0.4, 0.5) is 0 Å². The highest BCUT2D eigenvalue weighted by molar-refractivity contribution is 7.93. The number of carboxylic acid groups (broad SMARTS) is 1. The lowest BCUT2D eigenvalue weighted by atomic mass is 9.97. The van der Waals surface area contributed by atoms with Crippen molar-refractivity contribution in [3.63, 3.8) is 0 Å². The third-order valence-electron chi connectivity index (χ3n) is 3.19.